The highest BCUT2D eigenvalue weighted by atomic mass is 127. The minimum atomic E-state index is -0.0897. The summed E-state index contributed by atoms with van der Waals surface area (Å²) in [6.45, 7) is 0.805. The molecule has 0 unspecified atom stereocenters. The van der Waals surface area contributed by atoms with Gasteiger partial charge in [-0.3, -0.25) is 4.79 Å². The van der Waals surface area contributed by atoms with E-state index in [2.05, 4.69) is 39.5 Å². The first-order valence-corrected chi connectivity index (χ1v) is 9.25. The van der Waals surface area contributed by atoms with Crippen LogP contribution >= 0.6 is 22.6 Å². The summed E-state index contributed by atoms with van der Waals surface area (Å²) in [7, 11) is 1.45. The van der Waals surface area contributed by atoms with Gasteiger partial charge in [0.25, 0.3) is 0 Å². The predicted octanol–water partition coefficient (Wildman–Crippen LogP) is 5.35. The molecule has 0 atom stereocenters. The van der Waals surface area contributed by atoms with Crippen LogP contribution in [0, 0.1) is 3.57 Å². The Morgan fingerprint density at radius 1 is 0.909 bits per heavy atom. The summed E-state index contributed by atoms with van der Waals surface area (Å²) in [5.41, 5.74) is 0. The number of hydrogen-bond acceptors (Lipinski definition) is 3. The summed E-state index contributed by atoms with van der Waals surface area (Å²) >= 11 is 2.30. The Bertz CT molecular complexity index is 403. The zero-order valence-corrected chi connectivity index (χ0v) is 15.6. The lowest BCUT2D eigenvalue weighted by atomic mass is 10.1. The van der Waals surface area contributed by atoms with Gasteiger partial charge in [0, 0.05) is 9.99 Å². The first-order valence-electron chi connectivity index (χ1n) is 8.17. The SMILES string of the molecule is COC(=O)CCCCCCCCCCOc1ccc(I)cc1. The van der Waals surface area contributed by atoms with Crippen molar-refractivity contribution >= 4 is 28.6 Å². The second-order valence-electron chi connectivity index (χ2n) is 5.46. The molecule has 124 valence electrons. The molecule has 0 fully saturated rings. The number of carbonyl (C=O) groups is 1. The van der Waals surface area contributed by atoms with Crippen molar-refractivity contribution in [3.8, 4) is 5.75 Å². The van der Waals surface area contributed by atoms with E-state index in [9.17, 15) is 4.79 Å². The molecule has 22 heavy (non-hydrogen) atoms. The van der Waals surface area contributed by atoms with E-state index in [0.29, 0.717) is 6.42 Å². The maximum absolute atomic E-state index is 10.9. The Morgan fingerprint density at radius 2 is 1.45 bits per heavy atom. The molecule has 4 heteroatoms. The molecule has 1 aromatic rings. The highest BCUT2D eigenvalue weighted by Gasteiger charge is 1.99. The van der Waals surface area contributed by atoms with Crippen LogP contribution in [0.4, 0.5) is 0 Å². The van der Waals surface area contributed by atoms with Gasteiger partial charge in [0.2, 0.25) is 0 Å². The molecule has 0 heterocycles. The molecule has 0 aromatic heterocycles. The average molecular weight is 418 g/mol. The topological polar surface area (TPSA) is 35.5 Å². The molecular formula is C18H27IO3. The van der Waals surface area contributed by atoms with Crippen molar-refractivity contribution < 1.29 is 14.3 Å². The third-order valence-corrected chi connectivity index (χ3v) is 4.30. The van der Waals surface area contributed by atoms with Crippen molar-refractivity contribution in [2.24, 2.45) is 0 Å². The lowest BCUT2D eigenvalue weighted by Gasteiger charge is -2.06. The van der Waals surface area contributed by atoms with Crippen LogP contribution in [0.25, 0.3) is 0 Å². The molecule has 0 saturated carbocycles. The van der Waals surface area contributed by atoms with E-state index in [4.69, 9.17) is 4.74 Å². The van der Waals surface area contributed by atoms with Crippen LogP contribution in [-0.4, -0.2) is 19.7 Å². The second kappa shape index (κ2) is 12.7. The number of rotatable bonds is 12. The molecule has 0 bridgehead atoms. The summed E-state index contributed by atoms with van der Waals surface area (Å²) in [5.74, 6) is 0.874. The van der Waals surface area contributed by atoms with Gasteiger partial charge in [0.15, 0.2) is 0 Å². The fourth-order valence-corrected chi connectivity index (χ4v) is 2.61. The molecule has 1 rings (SSSR count). The molecule has 3 nitrogen and oxygen atoms in total. The number of methoxy groups -OCH3 is 1. The van der Waals surface area contributed by atoms with Crippen LogP contribution < -0.4 is 4.74 Å². The van der Waals surface area contributed by atoms with Gasteiger partial charge in [0.1, 0.15) is 5.75 Å². The zero-order chi connectivity index (χ0) is 16.0. The van der Waals surface area contributed by atoms with Crippen LogP contribution in [0.15, 0.2) is 24.3 Å². The van der Waals surface area contributed by atoms with Crippen LogP contribution in [0.1, 0.15) is 57.8 Å². The Labute approximate surface area is 147 Å². The summed E-state index contributed by atoms with van der Waals surface area (Å²) in [5, 5.41) is 0. The van der Waals surface area contributed by atoms with Gasteiger partial charge in [0.05, 0.1) is 13.7 Å². The number of carbonyl (C=O) groups excluding carboxylic acids is 1. The highest BCUT2D eigenvalue weighted by Crippen LogP contribution is 2.14. The molecule has 0 aliphatic heterocycles. The molecule has 1 aromatic carbocycles. The number of benzene rings is 1. The number of unbranched alkanes of at least 4 members (excludes halogenated alkanes) is 7. The van der Waals surface area contributed by atoms with Crippen molar-refractivity contribution in [1.29, 1.82) is 0 Å². The molecule has 0 spiro atoms. The quantitative estimate of drug-likeness (QED) is 0.261. The first-order chi connectivity index (χ1) is 10.7. The third-order valence-electron chi connectivity index (χ3n) is 3.59. The number of esters is 1. The van der Waals surface area contributed by atoms with Gasteiger partial charge in [-0.1, -0.05) is 38.5 Å². The van der Waals surface area contributed by atoms with E-state index >= 15 is 0 Å². The lowest BCUT2D eigenvalue weighted by Crippen LogP contribution is -1.99. The summed E-state index contributed by atoms with van der Waals surface area (Å²) in [6, 6.07) is 8.18. The molecule has 0 saturated heterocycles. The fraction of sp³-hybridized carbons (Fsp3) is 0.611. The van der Waals surface area contributed by atoms with E-state index in [1.807, 2.05) is 12.1 Å². The van der Waals surface area contributed by atoms with E-state index in [0.717, 1.165) is 31.6 Å². The molecular weight excluding hydrogens is 391 g/mol. The lowest BCUT2D eigenvalue weighted by molar-refractivity contribution is -0.140. The van der Waals surface area contributed by atoms with E-state index in [1.54, 1.807) is 0 Å². The Morgan fingerprint density at radius 3 is 2.05 bits per heavy atom. The van der Waals surface area contributed by atoms with Gasteiger partial charge in [-0.25, -0.2) is 0 Å². The Balaban J connectivity index is 1.84. The van der Waals surface area contributed by atoms with Crippen LogP contribution in [0.2, 0.25) is 0 Å². The number of halogens is 1. The minimum absolute atomic E-state index is 0.0897. The predicted molar refractivity (Wildman–Crippen MR) is 98.2 cm³/mol. The van der Waals surface area contributed by atoms with E-state index in [1.165, 1.54) is 42.8 Å². The average Bonchev–Trinajstić information content (AvgIpc) is 2.54. The Hall–Kier alpha value is -0.780. The van der Waals surface area contributed by atoms with Gasteiger partial charge in [-0.2, -0.15) is 0 Å². The largest absolute Gasteiger partial charge is 0.494 e. The van der Waals surface area contributed by atoms with Crippen molar-refractivity contribution in [3.05, 3.63) is 27.8 Å². The fourth-order valence-electron chi connectivity index (χ4n) is 2.25. The van der Waals surface area contributed by atoms with Crippen molar-refractivity contribution in [1.82, 2.24) is 0 Å². The summed E-state index contributed by atoms with van der Waals surface area (Å²) in [4.78, 5) is 10.9. The standard InChI is InChI=1S/C18H27IO3/c1-21-18(20)10-8-6-4-2-3-5-7-9-15-22-17-13-11-16(19)12-14-17/h11-14H,2-10,15H2,1H3. The maximum atomic E-state index is 10.9. The third kappa shape index (κ3) is 10.0. The van der Waals surface area contributed by atoms with Crippen LogP contribution in [0.5, 0.6) is 5.75 Å². The van der Waals surface area contributed by atoms with Crippen molar-refractivity contribution in [2.45, 2.75) is 57.8 Å². The molecule has 0 aliphatic rings. The highest BCUT2D eigenvalue weighted by molar-refractivity contribution is 14.1. The number of hydrogen-bond donors (Lipinski definition) is 0. The van der Waals surface area contributed by atoms with E-state index < -0.39 is 0 Å². The normalized spacial score (nSPS) is 10.5. The Kier molecular flexibility index (Phi) is 11.2. The molecule has 0 amide bonds. The van der Waals surface area contributed by atoms with E-state index in [-0.39, 0.29) is 5.97 Å². The van der Waals surface area contributed by atoms with Gasteiger partial charge < -0.3 is 9.47 Å². The monoisotopic (exact) mass is 418 g/mol. The number of ether oxygens (including phenoxy) is 2. The molecule has 0 aliphatic carbocycles. The summed E-state index contributed by atoms with van der Waals surface area (Å²) in [6.07, 6.45) is 10.0. The van der Waals surface area contributed by atoms with Crippen molar-refractivity contribution in [3.63, 3.8) is 0 Å². The zero-order valence-electron chi connectivity index (χ0n) is 13.5. The molecule has 0 radical (unpaired) electrons. The second-order valence-corrected chi connectivity index (χ2v) is 6.70. The van der Waals surface area contributed by atoms with Gasteiger partial charge in [-0.05, 0) is 59.7 Å². The van der Waals surface area contributed by atoms with Gasteiger partial charge >= 0.3 is 5.97 Å². The van der Waals surface area contributed by atoms with Crippen LogP contribution in [0.3, 0.4) is 0 Å². The van der Waals surface area contributed by atoms with Crippen molar-refractivity contribution in [2.75, 3.05) is 13.7 Å². The maximum Gasteiger partial charge on any atom is 0.305 e. The molecule has 0 N–H and O–H groups in total. The summed E-state index contributed by atoms with van der Waals surface area (Å²) < 4.78 is 11.6. The smallest absolute Gasteiger partial charge is 0.305 e. The van der Waals surface area contributed by atoms with Gasteiger partial charge in [-0.15, -0.1) is 0 Å². The van der Waals surface area contributed by atoms with Crippen LogP contribution in [-0.2, 0) is 9.53 Å². The minimum Gasteiger partial charge on any atom is -0.494 e. The first kappa shape index (κ1) is 19.3.